The Labute approximate surface area is 117 Å². The first-order valence-electron chi connectivity index (χ1n) is 6.42. The van der Waals surface area contributed by atoms with Gasteiger partial charge in [0.25, 0.3) is 0 Å². The first-order valence-corrected chi connectivity index (χ1v) is 7.30. The molecule has 0 spiro atoms. The van der Waals surface area contributed by atoms with Crippen molar-refractivity contribution in [3.05, 3.63) is 23.6 Å². The summed E-state index contributed by atoms with van der Waals surface area (Å²) in [5, 5.41) is 3.22. The maximum atomic E-state index is 6.11. The van der Waals surface area contributed by atoms with Crippen molar-refractivity contribution in [1.82, 2.24) is 0 Å². The number of hydrogen-bond acceptors (Lipinski definition) is 4. The van der Waals surface area contributed by atoms with Crippen molar-refractivity contribution in [2.75, 3.05) is 5.73 Å². The first kappa shape index (κ1) is 13.0. The minimum Gasteiger partial charge on any atom is -0.399 e. The number of nitrogen functional groups attached to an aromatic ring is 1. The van der Waals surface area contributed by atoms with Gasteiger partial charge in [-0.25, -0.2) is 0 Å². The Morgan fingerprint density at radius 2 is 1.74 bits per heavy atom. The van der Waals surface area contributed by atoms with E-state index < -0.39 is 0 Å². The van der Waals surface area contributed by atoms with Gasteiger partial charge in [0.05, 0.1) is 11.2 Å². The summed E-state index contributed by atoms with van der Waals surface area (Å²) in [6, 6.07) is 6.02. The Bertz CT molecular complexity index is 619. The molecule has 1 aromatic carbocycles. The highest BCUT2D eigenvalue weighted by Gasteiger charge is 2.52. The Morgan fingerprint density at radius 3 is 2.37 bits per heavy atom. The molecule has 3 rings (SSSR count). The smallest absolute Gasteiger partial charge is 0.399 e. The van der Waals surface area contributed by atoms with Crippen molar-refractivity contribution >= 4 is 39.7 Å². The highest BCUT2D eigenvalue weighted by atomic mass is 32.1. The number of rotatable bonds is 1. The molecule has 0 bridgehead atoms. The molecule has 1 fully saturated rings. The van der Waals surface area contributed by atoms with Gasteiger partial charge in [-0.1, -0.05) is 0 Å². The molecule has 1 aliphatic rings. The predicted octanol–water partition coefficient (Wildman–Crippen LogP) is 2.78. The van der Waals surface area contributed by atoms with Crippen molar-refractivity contribution in [1.29, 1.82) is 0 Å². The van der Waals surface area contributed by atoms with E-state index in [9.17, 15) is 0 Å². The van der Waals surface area contributed by atoms with Crippen LogP contribution in [0.3, 0.4) is 0 Å². The zero-order chi connectivity index (χ0) is 13.8. The molecule has 0 radical (unpaired) electrons. The average Bonchev–Trinajstić information content (AvgIpc) is 2.80. The van der Waals surface area contributed by atoms with Crippen molar-refractivity contribution in [3.63, 3.8) is 0 Å². The van der Waals surface area contributed by atoms with Gasteiger partial charge in [0.15, 0.2) is 0 Å². The number of benzene rings is 1. The lowest BCUT2D eigenvalue weighted by atomic mass is 9.78. The van der Waals surface area contributed by atoms with Crippen LogP contribution in [0.4, 0.5) is 5.69 Å². The summed E-state index contributed by atoms with van der Waals surface area (Å²) in [4.78, 5) is 0. The monoisotopic (exact) mass is 275 g/mol. The van der Waals surface area contributed by atoms with Crippen LogP contribution < -0.4 is 11.2 Å². The van der Waals surface area contributed by atoms with Gasteiger partial charge in [0, 0.05) is 15.9 Å². The van der Waals surface area contributed by atoms with Crippen LogP contribution in [0.2, 0.25) is 0 Å². The van der Waals surface area contributed by atoms with Crippen molar-refractivity contribution in [3.8, 4) is 0 Å². The van der Waals surface area contributed by atoms with E-state index >= 15 is 0 Å². The third-order valence-electron chi connectivity index (χ3n) is 4.11. The molecule has 2 heterocycles. The molecule has 19 heavy (non-hydrogen) atoms. The summed E-state index contributed by atoms with van der Waals surface area (Å²) >= 11 is 1.69. The summed E-state index contributed by atoms with van der Waals surface area (Å²) in [5.41, 5.74) is 7.10. The standard InChI is InChI=1S/C14H18BNO2S/c1-13(2)14(3,4)18-15(17-13)11-8-10(16)7-9-5-6-19-12(9)11/h5-8H,16H2,1-4H3. The number of fused-ring (bicyclic) bond motifs is 1. The van der Waals surface area contributed by atoms with Crippen LogP contribution in [0.1, 0.15) is 27.7 Å². The summed E-state index contributed by atoms with van der Waals surface area (Å²) in [6.07, 6.45) is 0. The second-order valence-electron chi connectivity index (χ2n) is 6.04. The van der Waals surface area contributed by atoms with Crippen LogP contribution in [0.15, 0.2) is 23.6 Å². The van der Waals surface area contributed by atoms with Crippen LogP contribution in [-0.4, -0.2) is 18.3 Å². The zero-order valence-corrected chi connectivity index (χ0v) is 12.5. The number of nitrogens with two attached hydrogens (primary N) is 1. The fourth-order valence-corrected chi connectivity index (χ4v) is 3.18. The topological polar surface area (TPSA) is 44.5 Å². The van der Waals surface area contributed by atoms with Crippen LogP contribution in [0.5, 0.6) is 0 Å². The van der Waals surface area contributed by atoms with Crippen LogP contribution in [0.25, 0.3) is 10.1 Å². The predicted molar refractivity (Wildman–Crippen MR) is 82.0 cm³/mol. The fourth-order valence-electron chi connectivity index (χ4n) is 2.28. The minimum absolute atomic E-state index is 0.328. The third-order valence-corrected chi connectivity index (χ3v) is 5.09. The summed E-state index contributed by atoms with van der Waals surface area (Å²) in [6.45, 7) is 8.24. The van der Waals surface area contributed by atoms with Crippen LogP contribution in [-0.2, 0) is 9.31 Å². The molecule has 3 nitrogen and oxygen atoms in total. The van der Waals surface area contributed by atoms with Gasteiger partial charge < -0.3 is 15.0 Å². The lowest BCUT2D eigenvalue weighted by molar-refractivity contribution is 0.00578. The lowest BCUT2D eigenvalue weighted by Gasteiger charge is -2.32. The highest BCUT2D eigenvalue weighted by Crippen LogP contribution is 2.37. The molecular formula is C14H18BNO2S. The molecule has 0 unspecified atom stereocenters. The van der Waals surface area contributed by atoms with Crippen LogP contribution in [0, 0.1) is 0 Å². The number of hydrogen-bond donors (Lipinski definition) is 1. The van der Waals surface area contributed by atoms with Crippen molar-refractivity contribution in [2.24, 2.45) is 0 Å². The molecule has 0 saturated carbocycles. The average molecular weight is 275 g/mol. The van der Waals surface area contributed by atoms with Crippen LogP contribution >= 0.6 is 11.3 Å². The van der Waals surface area contributed by atoms with Gasteiger partial charge in [-0.05, 0) is 56.7 Å². The zero-order valence-electron chi connectivity index (χ0n) is 11.7. The van der Waals surface area contributed by atoms with E-state index in [2.05, 4.69) is 39.1 Å². The van der Waals surface area contributed by atoms with E-state index in [1.165, 1.54) is 4.70 Å². The third kappa shape index (κ3) is 1.97. The number of anilines is 1. The highest BCUT2D eigenvalue weighted by molar-refractivity contribution is 7.18. The summed E-state index contributed by atoms with van der Waals surface area (Å²) < 4.78 is 13.4. The normalized spacial score (nSPS) is 21.2. The Hall–Kier alpha value is -1.04. The Morgan fingerprint density at radius 1 is 1.11 bits per heavy atom. The molecule has 5 heteroatoms. The summed E-state index contributed by atoms with van der Waals surface area (Å²) in [7, 11) is -0.352. The lowest BCUT2D eigenvalue weighted by Crippen LogP contribution is -2.41. The van der Waals surface area contributed by atoms with E-state index in [1.807, 2.05) is 12.1 Å². The van der Waals surface area contributed by atoms with E-state index in [1.54, 1.807) is 11.3 Å². The fraction of sp³-hybridized carbons (Fsp3) is 0.429. The van der Waals surface area contributed by atoms with Crippen molar-refractivity contribution < 1.29 is 9.31 Å². The Balaban J connectivity index is 2.09. The molecule has 100 valence electrons. The first-order chi connectivity index (χ1) is 8.80. The van der Waals surface area contributed by atoms with Gasteiger partial charge in [-0.15, -0.1) is 11.3 Å². The van der Waals surface area contributed by atoms with E-state index in [0.717, 1.165) is 16.5 Å². The van der Waals surface area contributed by atoms with Gasteiger partial charge in [-0.2, -0.15) is 0 Å². The van der Waals surface area contributed by atoms with E-state index in [-0.39, 0.29) is 18.3 Å². The largest absolute Gasteiger partial charge is 0.496 e. The molecule has 0 aliphatic carbocycles. The number of thiophene rings is 1. The van der Waals surface area contributed by atoms with Crippen molar-refractivity contribution in [2.45, 2.75) is 38.9 Å². The van der Waals surface area contributed by atoms with Gasteiger partial charge in [0.1, 0.15) is 0 Å². The molecule has 0 amide bonds. The van der Waals surface area contributed by atoms with E-state index in [4.69, 9.17) is 15.0 Å². The van der Waals surface area contributed by atoms with Gasteiger partial charge in [-0.3, -0.25) is 0 Å². The second kappa shape index (κ2) is 3.98. The second-order valence-corrected chi connectivity index (χ2v) is 6.95. The minimum atomic E-state index is -0.352. The maximum absolute atomic E-state index is 6.11. The quantitative estimate of drug-likeness (QED) is 0.643. The van der Waals surface area contributed by atoms with Gasteiger partial charge >= 0.3 is 7.12 Å². The molecule has 1 aromatic heterocycles. The molecule has 1 saturated heterocycles. The summed E-state index contributed by atoms with van der Waals surface area (Å²) in [5.74, 6) is 0. The SMILES string of the molecule is CC1(C)OB(c2cc(N)cc3ccsc23)OC1(C)C. The van der Waals surface area contributed by atoms with Gasteiger partial charge in [0.2, 0.25) is 0 Å². The Kier molecular flexibility index (Phi) is 2.72. The molecule has 0 atom stereocenters. The molecular weight excluding hydrogens is 257 g/mol. The molecule has 2 aromatic rings. The molecule has 2 N–H and O–H groups in total. The maximum Gasteiger partial charge on any atom is 0.496 e. The van der Waals surface area contributed by atoms with E-state index in [0.29, 0.717) is 0 Å². The molecule has 1 aliphatic heterocycles.